The van der Waals surface area contributed by atoms with Crippen molar-refractivity contribution in [3.05, 3.63) is 17.9 Å². The number of aliphatic hydroxyl groups is 3. The third kappa shape index (κ3) is 2.33. The van der Waals surface area contributed by atoms with Crippen LogP contribution in [0.15, 0.2) is 17.9 Å². The van der Waals surface area contributed by atoms with E-state index in [9.17, 15) is 0 Å². The lowest BCUT2D eigenvalue weighted by Crippen LogP contribution is -2.29. The molecule has 3 N–H and O–H groups in total. The molecule has 0 aliphatic carbocycles. The Morgan fingerprint density at radius 3 is 2.40 bits per heavy atom. The maximum atomic E-state index is 9.04. The Morgan fingerprint density at radius 2 is 2.10 bits per heavy atom. The van der Waals surface area contributed by atoms with Crippen molar-refractivity contribution in [1.29, 1.82) is 0 Å². The minimum absolute atomic E-state index is 0.432. The lowest BCUT2D eigenvalue weighted by molar-refractivity contribution is 0.00429. The van der Waals surface area contributed by atoms with E-state index in [0.717, 1.165) is 0 Å². The fraction of sp³-hybridized carbons (Fsp3) is 0.571. The highest BCUT2D eigenvalue weighted by molar-refractivity contribution is 5.03. The van der Waals surface area contributed by atoms with Gasteiger partial charge in [-0.05, 0) is 12.5 Å². The molecule has 0 bridgehead atoms. The van der Waals surface area contributed by atoms with Gasteiger partial charge in [-0.2, -0.15) is 0 Å². The highest BCUT2D eigenvalue weighted by atomic mass is 16.4. The SMILES string of the molecule is C=C=C(C)[C@H](O)[C@H](O)CO. The summed E-state index contributed by atoms with van der Waals surface area (Å²) in [6, 6.07) is 0. The predicted octanol–water partition coefficient (Wildman–Crippen LogP) is -0.568. The van der Waals surface area contributed by atoms with Gasteiger partial charge >= 0.3 is 0 Å². The Labute approximate surface area is 59.9 Å². The first-order valence-electron chi connectivity index (χ1n) is 2.97. The molecule has 0 amide bonds. The van der Waals surface area contributed by atoms with Crippen LogP contribution in [0.5, 0.6) is 0 Å². The molecule has 0 aromatic rings. The van der Waals surface area contributed by atoms with Crippen molar-refractivity contribution in [2.45, 2.75) is 19.1 Å². The highest BCUT2D eigenvalue weighted by Gasteiger charge is 2.15. The fourth-order valence-corrected chi connectivity index (χ4v) is 0.493. The molecular weight excluding hydrogens is 132 g/mol. The van der Waals surface area contributed by atoms with Crippen LogP contribution in [-0.4, -0.2) is 34.1 Å². The minimum Gasteiger partial charge on any atom is -0.394 e. The zero-order valence-corrected chi connectivity index (χ0v) is 5.91. The third-order valence-electron chi connectivity index (χ3n) is 1.27. The van der Waals surface area contributed by atoms with Crippen LogP contribution in [-0.2, 0) is 0 Å². The Morgan fingerprint density at radius 1 is 1.60 bits per heavy atom. The Hall–Kier alpha value is -0.600. The van der Waals surface area contributed by atoms with Crippen LogP contribution in [0.4, 0.5) is 0 Å². The lowest BCUT2D eigenvalue weighted by Gasteiger charge is -2.13. The van der Waals surface area contributed by atoms with E-state index >= 15 is 0 Å². The zero-order valence-electron chi connectivity index (χ0n) is 5.91. The summed E-state index contributed by atoms with van der Waals surface area (Å²) in [5.41, 5.74) is 2.86. The van der Waals surface area contributed by atoms with Crippen LogP contribution in [0.25, 0.3) is 0 Å². The van der Waals surface area contributed by atoms with Crippen LogP contribution in [0.3, 0.4) is 0 Å². The van der Waals surface area contributed by atoms with E-state index in [0.29, 0.717) is 5.57 Å². The molecule has 0 saturated heterocycles. The summed E-state index contributed by atoms with van der Waals surface area (Å²) in [6.45, 7) is 4.41. The molecule has 2 atom stereocenters. The van der Waals surface area contributed by atoms with Gasteiger partial charge in [-0.25, -0.2) is 0 Å². The first-order chi connectivity index (χ1) is 4.63. The van der Waals surface area contributed by atoms with Gasteiger partial charge in [0.2, 0.25) is 0 Å². The number of rotatable bonds is 3. The van der Waals surface area contributed by atoms with Gasteiger partial charge < -0.3 is 15.3 Å². The van der Waals surface area contributed by atoms with Crippen molar-refractivity contribution >= 4 is 0 Å². The first-order valence-corrected chi connectivity index (χ1v) is 2.97. The van der Waals surface area contributed by atoms with Gasteiger partial charge in [0.1, 0.15) is 12.2 Å². The molecule has 0 rings (SSSR count). The topological polar surface area (TPSA) is 60.7 Å². The molecule has 0 fully saturated rings. The maximum absolute atomic E-state index is 9.04. The summed E-state index contributed by atoms with van der Waals surface area (Å²) >= 11 is 0. The summed E-state index contributed by atoms with van der Waals surface area (Å²) in [5, 5.41) is 26.3. The summed E-state index contributed by atoms with van der Waals surface area (Å²) in [6.07, 6.45) is -2.18. The van der Waals surface area contributed by atoms with E-state index < -0.39 is 18.8 Å². The number of aliphatic hydroxyl groups excluding tert-OH is 3. The minimum atomic E-state index is -1.13. The summed E-state index contributed by atoms with van der Waals surface area (Å²) in [5.74, 6) is 0. The molecule has 0 aromatic carbocycles. The van der Waals surface area contributed by atoms with Crippen molar-refractivity contribution in [2.24, 2.45) is 0 Å². The van der Waals surface area contributed by atoms with E-state index in [1.165, 1.54) is 0 Å². The van der Waals surface area contributed by atoms with E-state index in [1.807, 2.05) is 0 Å². The molecule has 0 aliphatic heterocycles. The maximum Gasteiger partial charge on any atom is 0.110 e. The van der Waals surface area contributed by atoms with E-state index in [4.69, 9.17) is 15.3 Å². The third-order valence-corrected chi connectivity index (χ3v) is 1.27. The van der Waals surface area contributed by atoms with Crippen LogP contribution >= 0.6 is 0 Å². The zero-order chi connectivity index (χ0) is 8.15. The second-order valence-corrected chi connectivity index (χ2v) is 2.05. The van der Waals surface area contributed by atoms with Crippen molar-refractivity contribution in [1.82, 2.24) is 0 Å². The van der Waals surface area contributed by atoms with Gasteiger partial charge in [0.15, 0.2) is 0 Å². The van der Waals surface area contributed by atoms with E-state index in [-0.39, 0.29) is 0 Å². The van der Waals surface area contributed by atoms with Crippen LogP contribution in [0, 0.1) is 0 Å². The average molecular weight is 144 g/mol. The molecule has 0 aromatic heterocycles. The molecule has 0 heterocycles. The standard InChI is InChI=1S/C7H12O3/c1-3-5(2)7(10)6(9)4-8/h6-10H,1,4H2,2H3/t6-,7+/m1/s1. The molecule has 58 valence electrons. The molecule has 0 aliphatic rings. The quantitative estimate of drug-likeness (QED) is 0.465. The fourth-order valence-electron chi connectivity index (χ4n) is 0.493. The van der Waals surface area contributed by atoms with Gasteiger partial charge in [-0.15, -0.1) is 5.73 Å². The Balaban J connectivity index is 4.07. The summed E-state index contributed by atoms with van der Waals surface area (Å²) in [4.78, 5) is 0. The Bertz CT molecular complexity index is 147. The number of hydrogen-bond donors (Lipinski definition) is 3. The Kier molecular flexibility index (Phi) is 4.00. The normalized spacial score (nSPS) is 15.6. The van der Waals surface area contributed by atoms with E-state index in [2.05, 4.69) is 12.3 Å². The largest absolute Gasteiger partial charge is 0.394 e. The number of hydrogen-bond acceptors (Lipinski definition) is 3. The molecule has 10 heavy (non-hydrogen) atoms. The summed E-state index contributed by atoms with van der Waals surface area (Å²) < 4.78 is 0. The predicted molar refractivity (Wildman–Crippen MR) is 37.4 cm³/mol. The van der Waals surface area contributed by atoms with Crippen molar-refractivity contribution < 1.29 is 15.3 Å². The van der Waals surface area contributed by atoms with Gasteiger partial charge in [0.05, 0.1) is 6.61 Å². The molecule has 3 nitrogen and oxygen atoms in total. The second-order valence-electron chi connectivity index (χ2n) is 2.05. The smallest absolute Gasteiger partial charge is 0.110 e. The van der Waals surface area contributed by atoms with Crippen LogP contribution in [0.1, 0.15) is 6.92 Å². The monoisotopic (exact) mass is 144 g/mol. The van der Waals surface area contributed by atoms with Crippen LogP contribution in [0.2, 0.25) is 0 Å². The average Bonchev–Trinajstić information content (AvgIpc) is 2.00. The molecule has 0 spiro atoms. The van der Waals surface area contributed by atoms with E-state index in [1.54, 1.807) is 6.92 Å². The van der Waals surface area contributed by atoms with Crippen molar-refractivity contribution in [2.75, 3.05) is 6.61 Å². The van der Waals surface area contributed by atoms with Gasteiger partial charge in [0.25, 0.3) is 0 Å². The van der Waals surface area contributed by atoms with Crippen molar-refractivity contribution in [3.63, 3.8) is 0 Å². The molecular formula is C7H12O3. The summed E-state index contributed by atoms with van der Waals surface area (Å²) in [7, 11) is 0. The van der Waals surface area contributed by atoms with Gasteiger partial charge in [-0.3, -0.25) is 0 Å². The van der Waals surface area contributed by atoms with Crippen LogP contribution < -0.4 is 0 Å². The highest BCUT2D eigenvalue weighted by Crippen LogP contribution is 2.02. The molecule has 0 saturated carbocycles. The molecule has 3 heteroatoms. The first kappa shape index (κ1) is 9.40. The van der Waals surface area contributed by atoms with Gasteiger partial charge in [0, 0.05) is 0 Å². The van der Waals surface area contributed by atoms with Crippen molar-refractivity contribution in [3.8, 4) is 0 Å². The molecule has 0 radical (unpaired) electrons. The lowest BCUT2D eigenvalue weighted by atomic mass is 10.1. The van der Waals surface area contributed by atoms with Gasteiger partial charge in [-0.1, -0.05) is 6.58 Å². The molecule has 0 unspecified atom stereocenters. The second kappa shape index (κ2) is 4.25.